The summed E-state index contributed by atoms with van der Waals surface area (Å²) in [7, 11) is -1.38. The van der Waals surface area contributed by atoms with Gasteiger partial charge < -0.3 is 19.7 Å². The number of amides is 2. The van der Waals surface area contributed by atoms with Gasteiger partial charge in [0.1, 0.15) is 12.6 Å². The van der Waals surface area contributed by atoms with Crippen LogP contribution >= 0.6 is 0 Å². The SMILES string of the molecule is CCCNC(=O)[C@@H](CC)N(Cc1ccccc1C)C(=O)CN(c1cc(C)cc(C)c1)S(=O)(=O)c1ccc(OC)c(OC)c1. The van der Waals surface area contributed by atoms with Gasteiger partial charge in [-0.15, -0.1) is 0 Å². The topological polar surface area (TPSA) is 105 Å². The predicted octanol–water partition coefficient (Wildman–Crippen LogP) is 5.16. The van der Waals surface area contributed by atoms with Crippen molar-refractivity contribution in [2.45, 2.75) is 64.9 Å². The molecule has 0 radical (unpaired) electrons. The molecule has 2 amide bonds. The van der Waals surface area contributed by atoms with Crippen LogP contribution in [-0.4, -0.2) is 58.5 Å². The number of hydrogen-bond acceptors (Lipinski definition) is 6. The lowest BCUT2D eigenvalue weighted by Gasteiger charge is -2.33. The van der Waals surface area contributed by atoms with E-state index in [4.69, 9.17) is 9.47 Å². The van der Waals surface area contributed by atoms with E-state index in [0.29, 0.717) is 24.4 Å². The third-order valence-electron chi connectivity index (χ3n) is 7.25. The highest BCUT2D eigenvalue weighted by molar-refractivity contribution is 7.92. The summed E-state index contributed by atoms with van der Waals surface area (Å²) in [6, 6.07) is 16.6. The Hall–Kier alpha value is -4.05. The fraction of sp³-hybridized carbons (Fsp3) is 0.394. The molecule has 9 nitrogen and oxygen atoms in total. The van der Waals surface area contributed by atoms with Crippen LogP contribution in [0.25, 0.3) is 0 Å². The minimum absolute atomic E-state index is 0.0599. The van der Waals surface area contributed by atoms with Gasteiger partial charge in [0, 0.05) is 19.2 Å². The zero-order valence-corrected chi connectivity index (χ0v) is 27.0. The van der Waals surface area contributed by atoms with Gasteiger partial charge in [0.25, 0.3) is 10.0 Å². The number of nitrogens with zero attached hydrogens (tertiary/aromatic N) is 2. The van der Waals surface area contributed by atoms with Crippen molar-refractivity contribution in [3.05, 3.63) is 82.9 Å². The molecule has 232 valence electrons. The van der Waals surface area contributed by atoms with Crippen LogP contribution in [0.1, 0.15) is 48.9 Å². The summed E-state index contributed by atoms with van der Waals surface area (Å²) in [5.74, 6) is -0.143. The monoisotopic (exact) mass is 609 g/mol. The van der Waals surface area contributed by atoms with Gasteiger partial charge in [0.05, 0.1) is 24.8 Å². The lowest BCUT2D eigenvalue weighted by molar-refractivity contribution is -0.140. The lowest BCUT2D eigenvalue weighted by atomic mass is 10.1. The summed E-state index contributed by atoms with van der Waals surface area (Å²) in [5, 5.41) is 2.91. The van der Waals surface area contributed by atoms with Crippen molar-refractivity contribution in [1.29, 1.82) is 0 Å². The van der Waals surface area contributed by atoms with Gasteiger partial charge in [-0.25, -0.2) is 8.42 Å². The second-order valence-electron chi connectivity index (χ2n) is 10.5. The van der Waals surface area contributed by atoms with E-state index >= 15 is 0 Å². The molecule has 3 rings (SSSR count). The second-order valence-corrected chi connectivity index (χ2v) is 12.4. The van der Waals surface area contributed by atoms with E-state index < -0.39 is 28.5 Å². The number of rotatable bonds is 14. The fourth-order valence-electron chi connectivity index (χ4n) is 4.98. The Labute approximate surface area is 255 Å². The second kappa shape index (κ2) is 14.9. The van der Waals surface area contributed by atoms with Gasteiger partial charge in [0.2, 0.25) is 11.8 Å². The number of aryl methyl sites for hydroxylation is 3. The molecular weight excluding hydrogens is 566 g/mol. The van der Waals surface area contributed by atoms with E-state index in [-0.39, 0.29) is 23.1 Å². The predicted molar refractivity (Wildman–Crippen MR) is 169 cm³/mol. The van der Waals surface area contributed by atoms with Gasteiger partial charge in [-0.05, 0) is 80.1 Å². The van der Waals surface area contributed by atoms with Crippen molar-refractivity contribution in [3.63, 3.8) is 0 Å². The summed E-state index contributed by atoms with van der Waals surface area (Å²) in [6.45, 7) is 9.60. The molecule has 0 aliphatic heterocycles. The first-order chi connectivity index (χ1) is 20.5. The highest BCUT2D eigenvalue weighted by Gasteiger charge is 2.34. The van der Waals surface area contributed by atoms with Gasteiger partial charge in [-0.3, -0.25) is 13.9 Å². The minimum atomic E-state index is -4.27. The van der Waals surface area contributed by atoms with Gasteiger partial charge in [-0.1, -0.05) is 44.2 Å². The Morgan fingerprint density at radius 1 is 0.884 bits per heavy atom. The molecule has 3 aromatic rings. The molecule has 0 saturated carbocycles. The Balaban J connectivity index is 2.14. The maximum Gasteiger partial charge on any atom is 0.264 e. The average molecular weight is 610 g/mol. The van der Waals surface area contributed by atoms with E-state index in [1.807, 2.05) is 65.0 Å². The molecule has 0 fully saturated rings. The molecule has 43 heavy (non-hydrogen) atoms. The number of nitrogens with one attached hydrogen (secondary N) is 1. The molecule has 10 heteroatoms. The molecule has 0 aliphatic rings. The molecule has 0 unspecified atom stereocenters. The number of benzene rings is 3. The number of methoxy groups -OCH3 is 2. The zero-order valence-electron chi connectivity index (χ0n) is 26.1. The Morgan fingerprint density at radius 2 is 1.53 bits per heavy atom. The van der Waals surface area contributed by atoms with E-state index in [1.54, 1.807) is 12.1 Å². The number of carbonyl (C=O) groups is 2. The Morgan fingerprint density at radius 3 is 2.12 bits per heavy atom. The van der Waals surface area contributed by atoms with Crippen LogP contribution in [-0.2, 0) is 26.2 Å². The highest BCUT2D eigenvalue weighted by atomic mass is 32.2. The first-order valence-corrected chi connectivity index (χ1v) is 15.9. The van der Waals surface area contributed by atoms with Gasteiger partial charge >= 0.3 is 0 Å². The van der Waals surface area contributed by atoms with Gasteiger partial charge in [0.15, 0.2) is 11.5 Å². The third-order valence-corrected chi connectivity index (χ3v) is 9.02. The summed E-state index contributed by atoms with van der Waals surface area (Å²) in [6.07, 6.45) is 1.11. The Kier molecular flexibility index (Phi) is 11.6. The van der Waals surface area contributed by atoms with Crippen LogP contribution in [0.5, 0.6) is 11.5 Å². The summed E-state index contributed by atoms with van der Waals surface area (Å²) >= 11 is 0. The number of hydrogen-bond donors (Lipinski definition) is 1. The fourth-order valence-corrected chi connectivity index (χ4v) is 6.40. The quantitative estimate of drug-likeness (QED) is 0.271. The van der Waals surface area contributed by atoms with Crippen molar-refractivity contribution in [2.75, 3.05) is 31.6 Å². The largest absolute Gasteiger partial charge is 0.493 e. The van der Waals surface area contributed by atoms with Crippen molar-refractivity contribution >= 4 is 27.5 Å². The molecule has 1 atom stereocenters. The van der Waals surface area contributed by atoms with Crippen molar-refractivity contribution < 1.29 is 27.5 Å². The van der Waals surface area contributed by atoms with Crippen LogP contribution in [0.2, 0.25) is 0 Å². The van der Waals surface area contributed by atoms with Crippen molar-refractivity contribution in [2.24, 2.45) is 0 Å². The standard InChI is InChI=1S/C33H43N3O6S/c1-8-16-34-33(38)29(9-2)35(21-26-13-11-10-12-25(26)5)32(37)22-36(27-18-23(3)17-24(4)19-27)43(39,40)28-14-15-30(41-6)31(20-28)42-7/h10-15,17-20,29H,8-9,16,21-22H2,1-7H3,(H,34,38)/t29-/m1/s1. The minimum Gasteiger partial charge on any atom is -0.493 e. The van der Waals surface area contributed by atoms with Crippen molar-refractivity contribution in [3.8, 4) is 11.5 Å². The molecule has 0 aromatic heterocycles. The third kappa shape index (κ3) is 8.07. The van der Waals surface area contributed by atoms with E-state index in [2.05, 4.69) is 5.32 Å². The van der Waals surface area contributed by atoms with E-state index in [1.165, 1.54) is 37.3 Å². The van der Waals surface area contributed by atoms with E-state index in [9.17, 15) is 18.0 Å². The maximum absolute atomic E-state index is 14.3. The lowest BCUT2D eigenvalue weighted by Crippen LogP contribution is -2.52. The van der Waals surface area contributed by atoms with Crippen LogP contribution in [0.3, 0.4) is 0 Å². The number of ether oxygens (including phenoxy) is 2. The average Bonchev–Trinajstić information content (AvgIpc) is 2.98. The van der Waals surface area contributed by atoms with Crippen LogP contribution in [0, 0.1) is 20.8 Å². The molecule has 1 N–H and O–H groups in total. The number of sulfonamides is 1. The first-order valence-electron chi connectivity index (χ1n) is 14.4. The number of carbonyl (C=O) groups excluding carboxylic acids is 2. The summed E-state index contributed by atoms with van der Waals surface area (Å²) in [5.41, 5.74) is 3.88. The summed E-state index contributed by atoms with van der Waals surface area (Å²) in [4.78, 5) is 29.0. The van der Waals surface area contributed by atoms with Crippen molar-refractivity contribution in [1.82, 2.24) is 10.2 Å². The molecular formula is C33H43N3O6S. The maximum atomic E-state index is 14.3. The molecule has 0 bridgehead atoms. The smallest absolute Gasteiger partial charge is 0.264 e. The molecule has 0 aliphatic carbocycles. The van der Waals surface area contributed by atoms with Gasteiger partial charge in [-0.2, -0.15) is 0 Å². The summed E-state index contributed by atoms with van der Waals surface area (Å²) < 4.78 is 40.4. The highest BCUT2D eigenvalue weighted by Crippen LogP contribution is 2.33. The zero-order chi connectivity index (χ0) is 31.7. The Bertz CT molecular complexity index is 1520. The van der Waals surface area contributed by atoms with Crippen LogP contribution < -0.4 is 19.1 Å². The first kappa shape index (κ1) is 33.5. The van der Waals surface area contributed by atoms with Crippen LogP contribution in [0.4, 0.5) is 5.69 Å². The van der Waals surface area contributed by atoms with Crippen LogP contribution in [0.15, 0.2) is 65.6 Å². The number of anilines is 1. The molecule has 0 spiro atoms. The van der Waals surface area contributed by atoms with E-state index in [0.717, 1.165) is 33.0 Å². The molecule has 3 aromatic carbocycles. The molecule has 0 heterocycles. The normalized spacial score (nSPS) is 11.9. The molecule has 0 saturated heterocycles.